The summed E-state index contributed by atoms with van der Waals surface area (Å²) >= 11 is 1.67. The number of aromatic nitrogens is 1. The molecule has 2 rings (SSSR count). The third-order valence-corrected chi connectivity index (χ3v) is 3.28. The van der Waals surface area contributed by atoms with E-state index >= 15 is 0 Å². The Morgan fingerprint density at radius 1 is 1.46 bits per heavy atom. The van der Waals surface area contributed by atoms with E-state index in [0.717, 1.165) is 11.6 Å². The molecule has 0 radical (unpaired) electrons. The van der Waals surface area contributed by atoms with Crippen molar-refractivity contribution in [3.8, 4) is 0 Å². The Morgan fingerprint density at radius 2 is 2.23 bits per heavy atom. The standard InChI is InChI=1S/C9H15N3S/c10-5-9-11-8(7-13-9)6-12-3-1-2-4-12/h7H,1-6,10H2. The SMILES string of the molecule is NCc1nc(CN2CCCC2)cs1. The molecule has 3 nitrogen and oxygen atoms in total. The van der Waals surface area contributed by atoms with Crippen molar-refractivity contribution in [2.24, 2.45) is 5.73 Å². The molecule has 2 heterocycles. The van der Waals surface area contributed by atoms with Crippen LogP contribution in [0.25, 0.3) is 0 Å². The molecule has 2 N–H and O–H groups in total. The number of thiazole rings is 1. The molecule has 0 amide bonds. The van der Waals surface area contributed by atoms with Crippen molar-refractivity contribution in [1.29, 1.82) is 0 Å². The van der Waals surface area contributed by atoms with Crippen molar-refractivity contribution in [3.05, 3.63) is 16.1 Å². The lowest BCUT2D eigenvalue weighted by atomic mass is 10.4. The predicted octanol–water partition coefficient (Wildman–Crippen LogP) is 1.20. The van der Waals surface area contributed by atoms with Crippen LogP contribution in [-0.4, -0.2) is 23.0 Å². The van der Waals surface area contributed by atoms with E-state index in [9.17, 15) is 0 Å². The Kier molecular flexibility index (Phi) is 2.93. The van der Waals surface area contributed by atoms with E-state index in [1.165, 1.54) is 31.6 Å². The van der Waals surface area contributed by atoms with Gasteiger partial charge in [0.25, 0.3) is 0 Å². The van der Waals surface area contributed by atoms with Crippen LogP contribution in [0, 0.1) is 0 Å². The summed E-state index contributed by atoms with van der Waals surface area (Å²) in [5.41, 5.74) is 6.69. The molecule has 4 heteroatoms. The van der Waals surface area contributed by atoms with Gasteiger partial charge in [0.1, 0.15) is 5.01 Å². The summed E-state index contributed by atoms with van der Waals surface area (Å²) in [5, 5.41) is 3.18. The summed E-state index contributed by atoms with van der Waals surface area (Å²) in [6.45, 7) is 4.05. The summed E-state index contributed by atoms with van der Waals surface area (Å²) in [4.78, 5) is 6.90. The molecule has 0 saturated carbocycles. The fourth-order valence-corrected chi connectivity index (χ4v) is 2.35. The molecule has 1 aliphatic rings. The fourth-order valence-electron chi connectivity index (χ4n) is 1.69. The molecule has 0 atom stereocenters. The molecule has 1 saturated heterocycles. The molecule has 13 heavy (non-hydrogen) atoms. The average Bonchev–Trinajstić information content (AvgIpc) is 2.76. The first-order chi connectivity index (χ1) is 6.38. The summed E-state index contributed by atoms with van der Waals surface area (Å²) in [6.07, 6.45) is 2.68. The molecule has 0 unspecified atom stereocenters. The van der Waals surface area contributed by atoms with Gasteiger partial charge in [-0.1, -0.05) is 0 Å². The Labute approximate surface area is 82.6 Å². The largest absolute Gasteiger partial charge is 0.325 e. The van der Waals surface area contributed by atoms with Crippen LogP contribution in [-0.2, 0) is 13.1 Å². The molecule has 1 aromatic rings. The maximum absolute atomic E-state index is 5.51. The van der Waals surface area contributed by atoms with Crippen LogP contribution in [0.5, 0.6) is 0 Å². The first-order valence-electron chi connectivity index (χ1n) is 4.74. The van der Waals surface area contributed by atoms with Gasteiger partial charge in [0.2, 0.25) is 0 Å². The Bertz CT molecular complexity index is 266. The van der Waals surface area contributed by atoms with Crippen LogP contribution in [0.2, 0.25) is 0 Å². The number of hydrogen-bond acceptors (Lipinski definition) is 4. The van der Waals surface area contributed by atoms with E-state index in [4.69, 9.17) is 5.73 Å². The van der Waals surface area contributed by atoms with Crippen molar-refractivity contribution < 1.29 is 0 Å². The Balaban J connectivity index is 1.92. The Morgan fingerprint density at radius 3 is 2.85 bits per heavy atom. The highest BCUT2D eigenvalue weighted by Crippen LogP contribution is 2.14. The second-order valence-electron chi connectivity index (χ2n) is 3.42. The lowest BCUT2D eigenvalue weighted by Crippen LogP contribution is -2.18. The molecule has 1 aromatic heterocycles. The van der Waals surface area contributed by atoms with E-state index in [2.05, 4.69) is 15.3 Å². The zero-order valence-corrected chi connectivity index (χ0v) is 8.52. The normalized spacial score (nSPS) is 18.2. The highest BCUT2D eigenvalue weighted by atomic mass is 32.1. The molecular formula is C9H15N3S. The number of hydrogen-bond donors (Lipinski definition) is 1. The van der Waals surface area contributed by atoms with Gasteiger partial charge in [-0.15, -0.1) is 11.3 Å². The van der Waals surface area contributed by atoms with E-state index in [1.54, 1.807) is 11.3 Å². The van der Waals surface area contributed by atoms with Gasteiger partial charge in [-0.05, 0) is 25.9 Å². The lowest BCUT2D eigenvalue weighted by molar-refractivity contribution is 0.327. The van der Waals surface area contributed by atoms with Gasteiger partial charge in [0.15, 0.2) is 0 Å². The minimum atomic E-state index is 0.574. The highest BCUT2D eigenvalue weighted by Gasteiger charge is 2.12. The molecule has 0 aliphatic carbocycles. The quantitative estimate of drug-likeness (QED) is 0.791. The van der Waals surface area contributed by atoms with Gasteiger partial charge in [-0.2, -0.15) is 0 Å². The molecule has 0 spiro atoms. The highest BCUT2D eigenvalue weighted by molar-refractivity contribution is 7.09. The van der Waals surface area contributed by atoms with Gasteiger partial charge in [0, 0.05) is 18.5 Å². The van der Waals surface area contributed by atoms with Crippen molar-refractivity contribution >= 4 is 11.3 Å². The average molecular weight is 197 g/mol. The monoisotopic (exact) mass is 197 g/mol. The molecule has 1 aliphatic heterocycles. The van der Waals surface area contributed by atoms with Gasteiger partial charge in [0.05, 0.1) is 5.69 Å². The second kappa shape index (κ2) is 4.17. The molecule has 72 valence electrons. The molecular weight excluding hydrogens is 182 g/mol. The van der Waals surface area contributed by atoms with Crippen LogP contribution in [0.4, 0.5) is 0 Å². The zero-order chi connectivity index (χ0) is 9.10. The summed E-state index contributed by atoms with van der Waals surface area (Å²) < 4.78 is 0. The smallest absolute Gasteiger partial charge is 0.106 e. The molecule has 1 fully saturated rings. The van der Waals surface area contributed by atoms with E-state index in [-0.39, 0.29) is 0 Å². The van der Waals surface area contributed by atoms with Gasteiger partial charge < -0.3 is 5.73 Å². The second-order valence-corrected chi connectivity index (χ2v) is 4.36. The van der Waals surface area contributed by atoms with Crippen molar-refractivity contribution in [2.45, 2.75) is 25.9 Å². The first kappa shape index (κ1) is 9.12. The van der Waals surface area contributed by atoms with E-state index in [0.29, 0.717) is 6.54 Å². The minimum absolute atomic E-state index is 0.574. The number of nitrogens with zero attached hydrogens (tertiary/aromatic N) is 2. The molecule has 0 aromatic carbocycles. The van der Waals surface area contributed by atoms with Crippen LogP contribution in [0.3, 0.4) is 0 Å². The third kappa shape index (κ3) is 2.27. The maximum atomic E-state index is 5.51. The maximum Gasteiger partial charge on any atom is 0.106 e. The van der Waals surface area contributed by atoms with Gasteiger partial charge in [-0.25, -0.2) is 4.98 Å². The lowest BCUT2D eigenvalue weighted by Gasteiger charge is -2.11. The number of nitrogens with two attached hydrogens (primary N) is 1. The van der Waals surface area contributed by atoms with Crippen molar-refractivity contribution in [3.63, 3.8) is 0 Å². The van der Waals surface area contributed by atoms with Crippen LogP contribution in [0.15, 0.2) is 5.38 Å². The Hall–Kier alpha value is -0.450. The number of likely N-dealkylation sites (tertiary alicyclic amines) is 1. The van der Waals surface area contributed by atoms with Crippen molar-refractivity contribution in [2.75, 3.05) is 13.1 Å². The predicted molar refractivity (Wildman–Crippen MR) is 54.5 cm³/mol. The van der Waals surface area contributed by atoms with Crippen LogP contribution < -0.4 is 5.73 Å². The van der Waals surface area contributed by atoms with E-state index < -0.39 is 0 Å². The topological polar surface area (TPSA) is 42.1 Å². The zero-order valence-electron chi connectivity index (χ0n) is 7.70. The first-order valence-corrected chi connectivity index (χ1v) is 5.62. The minimum Gasteiger partial charge on any atom is -0.325 e. The van der Waals surface area contributed by atoms with Crippen LogP contribution in [0.1, 0.15) is 23.5 Å². The number of rotatable bonds is 3. The van der Waals surface area contributed by atoms with Crippen molar-refractivity contribution in [1.82, 2.24) is 9.88 Å². The fraction of sp³-hybridized carbons (Fsp3) is 0.667. The molecule has 0 bridgehead atoms. The summed E-state index contributed by atoms with van der Waals surface area (Å²) in [5.74, 6) is 0. The van der Waals surface area contributed by atoms with Gasteiger partial charge >= 0.3 is 0 Å². The van der Waals surface area contributed by atoms with E-state index in [1.807, 2.05) is 0 Å². The third-order valence-electron chi connectivity index (χ3n) is 2.36. The summed E-state index contributed by atoms with van der Waals surface area (Å²) in [6, 6.07) is 0. The van der Waals surface area contributed by atoms with Crippen LogP contribution >= 0.6 is 11.3 Å². The van der Waals surface area contributed by atoms with Gasteiger partial charge in [-0.3, -0.25) is 4.90 Å². The summed E-state index contributed by atoms with van der Waals surface area (Å²) in [7, 11) is 0.